The zero-order chi connectivity index (χ0) is 24.1. The van der Waals surface area contributed by atoms with E-state index in [2.05, 4.69) is 82.7 Å². The third-order valence-corrected chi connectivity index (χ3v) is 16.1. The van der Waals surface area contributed by atoms with E-state index in [1.165, 1.54) is 6.33 Å². The Bertz CT molecular complexity index is 1060. The number of ether oxygens (including phenoxy) is 1. The van der Waals surface area contributed by atoms with Crippen molar-refractivity contribution < 1.29 is 13.6 Å². The Hall–Kier alpha value is -1.76. The molecule has 3 heterocycles. The lowest BCUT2D eigenvalue weighted by Crippen LogP contribution is -2.48. The summed E-state index contributed by atoms with van der Waals surface area (Å²) in [5.41, 5.74) is 0.455. The monoisotopic (exact) mass is 478 g/mol. The van der Waals surface area contributed by atoms with Crippen molar-refractivity contribution in [3.63, 3.8) is 0 Å². The van der Waals surface area contributed by atoms with E-state index >= 15 is 0 Å². The Labute approximate surface area is 192 Å². The fourth-order valence-corrected chi connectivity index (χ4v) is 5.18. The van der Waals surface area contributed by atoms with Crippen LogP contribution in [-0.4, -0.2) is 55.0 Å². The molecule has 2 atom stereocenters. The Morgan fingerprint density at radius 3 is 2.28 bits per heavy atom. The summed E-state index contributed by atoms with van der Waals surface area (Å²) in [5.74, 6) is 0.568. The van der Waals surface area contributed by atoms with Crippen LogP contribution in [0.2, 0.25) is 36.3 Å². The van der Waals surface area contributed by atoms with Crippen LogP contribution in [0.1, 0.15) is 41.5 Å². The highest BCUT2D eigenvalue weighted by atomic mass is 28.4. The Morgan fingerprint density at radius 1 is 1.06 bits per heavy atom. The van der Waals surface area contributed by atoms with Crippen LogP contribution < -0.4 is 5.56 Å². The van der Waals surface area contributed by atoms with Gasteiger partial charge in [0.05, 0.1) is 12.9 Å². The lowest BCUT2D eigenvalue weighted by atomic mass is 10.2. The minimum absolute atomic E-state index is 0.0605. The molecule has 0 saturated heterocycles. The number of H-pyrrole nitrogens is 1. The molecule has 0 amide bonds. The summed E-state index contributed by atoms with van der Waals surface area (Å²) in [7, 11) is -4.03. The van der Waals surface area contributed by atoms with Crippen LogP contribution in [0.4, 0.5) is 0 Å². The van der Waals surface area contributed by atoms with E-state index < -0.39 is 16.6 Å². The molecule has 0 aromatic carbocycles. The van der Waals surface area contributed by atoms with E-state index in [0.717, 1.165) is 0 Å². The van der Waals surface area contributed by atoms with Gasteiger partial charge in [-0.25, -0.2) is 9.97 Å². The fourth-order valence-electron chi connectivity index (χ4n) is 2.92. The molecule has 32 heavy (non-hydrogen) atoms. The van der Waals surface area contributed by atoms with Crippen molar-refractivity contribution in [2.75, 3.05) is 6.61 Å². The highest BCUT2D eigenvalue weighted by Gasteiger charge is 2.44. The zero-order valence-corrected chi connectivity index (χ0v) is 23.1. The maximum Gasteiger partial charge on any atom is 0.278 e. The van der Waals surface area contributed by atoms with Gasteiger partial charge in [-0.1, -0.05) is 41.5 Å². The summed E-state index contributed by atoms with van der Waals surface area (Å²) in [6, 6.07) is 0. The van der Waals surface area contributed by atoms with Crippen LogP contribution in [-0.2, 0) is 13.6 Å². The number of rotatable bonds is 6. The van der Waals surface area contributed by atoms with Crippen molar-refractivity contribution in [1.29, 1.82) is 0 Å². The molecule has 1 N–H and O–H groups in total. The number of fused-ring (bicyclic) bond motifs is 1. The molecule has 1 aliphatic heterocycles. The van der Waals surface area contributed by atoms with E-state index in [1.54, 1.807) is 10.9 Å². The predicted octanol–water partition coefficient (Wildman–Crippen LogP) is 4.73. The maximum absolute atomic E-state index is 12.1. The molecule has 8 nitrogen and oxygen atoms in total. The second kappa shape index (κ2) is 8.23. The van der Waals surface area contributed by atoms with Gasteiger partial charge in [-0.3, -0.25) is 9.36 Å². The third kappa shape index (κ3) is 4.78. The molecule has 2 aromatic rings. The first kappa shape index (κ1) is 24.9. The average Bonchev–Trinajstić information content (AvgIpc) is 3.22. The van der Waals surface area contributed by atoms with Crippen molar-refractivity contribution in [1.82, 2.24) is 19.5 Å². The number of hydrogen-bond acceptors (Lipinski definition) is 6. The highest BCUT2D eigenvalue weighted by Crippen LogP contribution is 2.41. The summed E-state index contributed by atoms with van der Waals surface area (Å²) in [6.07, 6.45) is 4.38. The molecule has 0 unspecified atom stereocenters. The molecule has 0 spiro atoms. The first-order valence-electron chi connectivity index (χ1n) is 11.1. The van der Waals surface area contributed by atoms with Gasteiger partial charge in [-0.05, 0) is 36.3 Å². The second-order valence-electron chi connectivity index (χ2n) is 11.6. The van der Waals surface area contributed by atoms with Crippen LogP contribution in [0.3, 0.4) is 0 Å². The average molecular weight is 479 g/mol. The second-order valence-corrected chi connectivity index (χ2v) is 21.2. The minimum atomic E-state index is -2.06. The van der Waals surface area contributed by atoms with E-state index in [0.29, 0.717) is 18.1 Å². The molecule has 0 aliphatic carbocycles. The number of aromatic nitrogens is 4. The molecule has 178 valence electrons. The fraction of sp³-hybridized carbons (Fsp3) is 0.682. The maximum atomic E-state index is 12.1. The third-order valence-electron chi connectivity index (χ3n) is 7.17. The van der Waals surface area contributed by atoms with Crippen molar-refractivity contribution in [2.24, 2.45) is 0 Å². The van der Waals surface area contributed by atoms with Crippen molar-refractivity contribution in [3.8, 4) is 0 Å². The van der Waals surface area contributed by atoms with Crippen LogP contribution >= 0.6 is 0 Å². The number of hydrogen-bond donors (Lipinski definition) is 1. The summed E-state index contributed by atoms with van der Waals surface area (Å²) in [4.78, 5) is 23.2. The van der Waals surface area contributed by atoms with E-state index in [4.69, 9.17) is 13.6 Å². The van der Waals surface area contributed by atoms with E-state index in [1.807, 2.05) is 6.08 Å². The molecule has 0 bridgehead atoms. The first-order valence-corrected chi connectivity index (χ1v) is 17.0. The number of nitrogens with zero attached hydrogens (tertiary/aromatic N) is 3. The molecule has 10 heteroatoms. The van der Waals surface area contributed by atoms with Gasteiger partial charge >= 0.3 is 0 Å². The first-order chi connectivity index (χ1) is 14.5. The van der Waals surface area contributed by atoms with Crippen molar-refractivity contribution in [3.05, 3.63) is 29.1 Å². The van der Waals surface area contributed by atoms with Gasteiger partial charge in [-0.2, -0.15) is 0 Å². The van der Waals surface area contributed by atoms with Crippen LogP contribution in [0.25, 0.3) is 17.0 Å². The quantitative estimate of drug-likeness (QED) is 0.604. The van der Waals surface area contributed by atoms with Gasteiger partial charge < -0.3 is 18.6 Å². The summed E-state index contributed by atoms with van der Waals surface area (Å²) < 4.78 is 21.3. The summed E-state index contributed by atoms with van der Waals surface area (Å²) >= 11 is 0. The lowest BCUT2D eigenvalue weighted by molar-refractivity contribution is 0.0344. The molecule has 1 aliphatic rings. The largest absolute Gasteiger partial charge is 0.470 e. The Balaban J connectivity index is 1.92. The number of nitrogens with one attached hydrogen (secondary N) is 1. The molecule has 0 saturated carbocycles. The summed E-state index contributed by atoms with van der Waals surface area (Å²) in [6.45, 7) is 22.7. The SMILES string of the molecule is CC(C)(C)[Si](C)(C)OC[C@H]1OC(n2cnc3c(=O)[nH]cnc32)=C[C@@H]1O[Si](C)(C)C(C)(C)C. The van der Waals surface area contributed by atoms with Crippen LogP contribution in [0.15, 0.2) is 23.5 Å². The summed E-state index contributed by atoms with van der Waals surface area (Å²) in [5, 5.41) is 0.161. The van der Waals surface area contributed by atoms with Gasteiger partial charge in [0.1, 0.15) is 12.4 Å². The zero-order valence-electron chi connectivity index (χ0n) is 21.1. The molecular formula is C22H38N4O4Si2. The van der Waals surface area contributed by atoms with Gasteiger partial charge in [0.15, 0.2) is 39.8 Å². The smallest absolute Gasteiger partial charge is 0.278 e. The topological polar surface area (TPSA) is 91.3 Å². The minimum Gasteiger partial charge on any atom is -0.470 e. The Kier molecular flexibility index (Phi) is 6.40. The van der Waals surface area contributed by atoms with Crippen LogP contribution in [0, 0.1) is 0 Å². The van der Waals surface area contributed by atoms with Crippen molar-refractivity contribution in [2.45, 2.75) is 90.0 Å². The van der Waals surface area contributed by atoms with E-state index in [9.17, 15) is 4.79 Å². The normalized spacial score (nSPS) is 20.5. The number of imidazole rings is 1. The van der Waals surface area contributed by atoms with Gasteiger partial charge in [0, 0.05) is 6.08 Å². The Morgan fingerprint density at radius 2 is 1.69 bits per heavy atom. The highest BCUT2D eigenvalue weighted by molar-refractivity contribution is 6.74. The standard InChI is InChI=1S/C22H38N4O4Si2/c1-21(2,3)31(7,8)28-12-16-15(30-32(9,10)22(4,5)6)11-17(29-16)26-14-25-18-19(26)23-13-24-20(18)27/h11,13-16H,12H2,1-10H3,(H,23,24,27)/t15-,16+/m0/s1. The van der Waals surface area contributed by atoms with Crippen LogP contribution in [0.5, 0.6) is 0 Å². The van der Waals surface area contributed by atoms with Gasteiger partial charge in [-0.15, -0.1) is 0 Å². The lowest BCUT2D eigenvalue weighted by Gasteiger charge is -2.40. The van der Waals surface area contributed by atoms with Crippen molar-refractivity contribution >= 4 is 33.7 Å². The van der Waals surface area contributed by atoms with E-state index in [-0.39, 0.29) is 33.4 Å². The van der Waals surface area contributed by atoms with Gasteiger partial charge in [0.2, 0.25) is 0 Å². The predicted molar refractivity (Wildman–Crippen MR) is 133 cm³/mol. The molecule has 0 fully saturated rings. The molecule has 2 aromatic heterocycles. The number of aromatic amines is 1. The molecule has 0 radical (unpaired) electrons. The molecule has 3 rings (SSSR count). The molecular weight excluding hydrogens is 440 g/mol. The van der Waals surface area contributed by atoms with Gasteiger partial charge in [0.25, 0.3) is 5.56 Å².